The van der Waals surface area contributed by atoms with E-state index < -0.39 is 5.97 Å². The lowest BCUT2D eigenvalue weighted by Crippen LogP contribution is -2.38. The summed E-state index contributed by atoms with van der Waals surface area (Å²) in [4.78, 5) is 15.6. The highest BCUT2D eigenvalue weighted by atomic mass is 19.1. The van der Waals surface area contributed by atoms with E-state index in [0.29, 0.717) is 48.2 Å². The monoisotopic (exact) mass is 425 g/mol. The highest BCUT2D eigenvalue weighted by Gasteiger charge is 2.34. The van der Waals surface area contributed by atoms with E-state index in [4.69, 9.17) is 9.47 Å². The first-order chi connectivity index (χ1) is 15.1. The number of halogens is 1. The van der Waals surface area contributed by atoms with Crippen molar-refractivity contribution in [2.24, 2.45) is 0 Å². The third-order valence-electron chi connectivity index (χ3n) is 6.59. The number of esters is 1. The third kappa shape index (κ3) is 4.62. The number of carbonyl (C=O) groups excluding carboxylic acids is 1. The van der Waals surface area contributed by atoms with Gasteiger partial charge in [0.05, 0.1) is 6.61 Å². The molecular weight excluding hydrogens is 393 g/mol. The Bertz CT molecular complexity index is 922. The minimum atomic E-state index is -0.560. The van der Waals surface area contributed by atoms with Crippen LogP contribution >= 0.6 is 0 Å². The first kappa shape index (κ1) is 21.8. The van der Waals surface area contributed by atoms with E-state index in [-0.39, 0.29) is 11.4 Å². The molecule has 4 rings (SSSR count). The molecule has 166 valence electrons. The summed E-state index contributed by atoms with van der Waals surface area (Å²) in [6.07, 6.45) is 7.41. The largest absolute Gasteiger partial charge is 0.492 e. The van der Waals surface area contributed by atoms with Crippen LogP contribution in [0.25, 0.3) is 0 Å². The van der Waals surface area contributed by atoms with Crippen molar-refractivity contribution in [3.8, 4) is 11.5 Å². The fraction of sp³-hybridized carbons (Fsp3) is 0.500. The van der Waals surface area contributed by atoms with Crippen molar-refractivity contribution in [1.29, 1.82) is 0 Å². The number of fused-ring (bicyclic) bond motifs is 1. The zero-order chi connectivity index (χ0) is 21.8. The molecule has 0 spiro atoms. The summed E-state index contributed by atoms with van der Waals surface area (Å²) in [7, 11) is 0. The van der Waals surface area contributed by atoms with Crippen molar-refractivity contribution in [3.05, 3.63) is 58.4 Å². The summed E-state index contributed by atoms with van der Waals surface area (Å²) >= 11 is 0. The van der Waals surface area contributed by atoms with Crippen LogP contribution in [0.4, 0.5) is 4.39 Å². The lowest BCUT2D eigenvalue weighted by atomic mass is 9.90. The second-order valence-corrected chi connectivity index (χ2v) is 8.66. The molecule has 31 heavy (non-hydrogen) atoms. The predicted molar refractivity (Wildman–Crippen MR) is 119 cm³/mol. The molecule has 5 heteroatoms. The molecule has 1 saturated carbocycles. The third-order valence-corrected chi connectivity index (χ3v) is 6.59. The normalized spacial score (nSPS) is 16.9. The van der Waals surface area contributed by atoms with Crippen LogP contribution in [0.3, 0.4) is 0 Å². The number of hydrogen-bond donors (Lipinski definition) is 0. The zero-order valence-corrected chi connectivity index (χ0v) is 18.6. The average Bonchev–Trinajstić information content (AvgIpc) is 3.32. The van der Waals surface area contributed by atoms with Crippen molar-refractivity contribution in [2.75, 3.05) is 13.2 Å². The maximum atomic E-state index is 15.4. The number of carbonyl (C=O) groups is 1. The Balaban J connectivity index is 1.73. The summed E-state index contributed by atoms with van der Waals surface area (Å²) in [5.74, 6) is 0.113. The molecule has 1 aliphatic carbocycles. The Kier molecular flexibility index (Phi) is 6.91. The van der Waals surface area contributed by atoms with Crippen molar-refractivity contribution >= 4 is 5.97 Å². The Labute approximate surface area is 184 Å². The van der Waals surface area contributed by atoms with Crippen molar-refractivity contribution in [1.82, 2.24) is 4.90 Å². The van der Waals surface area contributed by atoms with E-state index in [2.05, 4.69) is 11.8 Å². The highest BCUT2D eigenvalue weighted by Crippen LogP contribution is 2.39. The van der Waals surface area contributed by atoms with Crippen LogP contribution < -0.4 is 9.47 Å². The number of rotatable bonds is 7. The minimum absolute atomic E-state index is 0.226. The van der Waals surface area contributed by atoms with Crippen molar-refractivity contribution in [3.63, 3.8) is 0 Å². The van der Waals surface area contributed by atoms with Crippen LogP contribution in [0.1, 0.15) is 72.5 Å². The minimum Gasteiger partial charge on any atom is -0.492 e. The molecule has 0 unspecified atom stereocenters. The fourth-order valence-electron chi connectivity index (χ4n) is 4.84. The second-order valence-electron chi connectivity index (χ2n) is 8.66. The van der Waals surface area contributed by atoms with Crippen LogP contribution in [0.2, 0.25) is 0 Å². The number of ether oxygens (including phenoxy) is 2. The molecule has 0 saturated heterocycles. The summed E-state index contributed by atoms with van der Waals surface area (Å²) < 4.78 is 27.2. The lowest BCUT2D eigenvalue weighted by Gasteiger charge is -2.35. The molecule has 0 bridgehead atoms. The van der Waals surface area contributed by atoms with Crippen LogP contribution in [0.15, 0.2) is 30.3 Å². The number of unbranched alkanes of at least 4 members (excludes halogenated alkanes) is 1. The summed E-state index contributed by atoms with van der Waals surface area (Å²) in [5.41, 5.74) is 2.08. The van der Waals surface area contributed by atoms with E-state index in [1.807, 2.05) is 6.07 Å². The van der Waals surface area contributed by atoms with Crippen LogP contribution in [0, 0.1) is 12.7 Å². The molecule has 1 heterocycles. The van der Waals surface area contributed by atoms with Crippen LogP contribution in [-0.2, 0) is 13.0 Å². The highest BCUT2D eigenvalue weighted by molar-refractivity contribution is 5.96. The Morgan fingerprint density at radius 3 is 2.61 bits per heavy atom. The summed E-state index contributed by atoms with van der Waals surface area (Å²) in [5, 5.41) is 0. The Morgan fingerprint density at radius 1 is 1.16 bits per heavy atom. The smallest absolute Gasteiger partial charge is 0.347 e. The number of para-hydroxylation sites is 1. The molecule has 0 amide bonds. The van der Waals surface area contributed by atoms with Crippen LogP contribution in [0.5, 0.6) is 11.5 Å². The van der Waals surface area contributed by atoms with E-state index in [9.17, 15) is 4.79 Å². The van der Waals surface area contributed by atoms with Gasteiger partial charge in [-0.25, -0.2) is 9.18 Å². The Morgan fingerprint density at radius 2 is 1.90 bits per heavy atom. The average molecular weight is 426 g/mol. The molecule has 0 N–H and O–H groups in total. The number of nitrogens with zero attached hydrogens (tertiary/aromatic N) is 1. The molecular formula is C26H32FNO3. The summed E-state index contributed by atoms with van der Waals surface area (Å²) in [6.45, 7) is 5.75. The van der Waals surface area contributed by atoms with Gasteiger partial charge < -0.3 is 9.47 Å². The maximum Gasteiger partial charge on any atom is 0.347 e. The van der Waals surface area contributed by atoms with Gasteiger partial charge in [-0.2, -0.15) is 0 Å². The molecule has 0 atom stereocenters. The number of benzene rings is 2. The van der Waals surface area contributed by atoms with E-state index in [1.54, 1.807) is 31.2 Å². The second kappa shape index (κ2) is 9.82. The van der Waals surface area contributed by atoms with Gasteiger partial charge in [0.1, 0.15) is 22.9 Å². The van der Waals surface area contributed by atoms with Gasteiger partial charge >= 0.3 is 5.97 Å². The fourth-order valence-corrected chi connectivity index (χ4v) is 4.84. The van der Waals surface area contributed by atoms with Crippen molar-refractivity contribution < 1.29 is 18.7 Å². The lowest BCUT2D eigenvalue weighted by molar-refractivity contribution is 0.0727. The number of hydrogen-bond acceptors (Lipinski definition) is 4. The van der Waals surface area contributed by atoms with Gasteiger partial charge in [0.2, 0.25) is 0 Å². The first-order valence-electron chi connectivity index (χ1n) is 11.6. The van der Waals surface area contributed by atoms with Gasteiger partial charge in [0.25, 0.3) is 0 Å². The quantitative estimate of drug-likeness (QED) is 0.318. The van der Waals surface area contributed by atoms with E-state index in [0.717, 1.165) is 24.9 Å². The Hall–Kier alpha value is -2.40. The van der Waals surface area contributed by atoms with Gasteiger partial charge in [-0.3, -0.25) is 4.90 Å². The van der Waals surface area contributed by atoms with Gasteiger partial charge in [0.15, 0.2) is 0 Å². The van der Waals surface area contributed by atoms with Gasteiger partial charge in [0, 0.05) is 30.3 Å². The van der Waals surface area contributed by atoms with Crippen molar-refractivity contribution in [2.45, 2.75) is 71.4 Å². The zero-order valence-electron chi connectivity index (χ0n) is 18.6. The van der Waals surface area contributed by atoms with Gasteiger partial charge in [-0.15, -0.1) is 0 Å². The van der Waals surface area contributed by atoms with Gasteiger partial charge in [-0.05, 0) is 50.3 Å². The molecule has 0 radical (unpaired) electrons. The van der Waals surface area contributed by atoms with E-state index >= 15 is 4.39 Å². The molecule has 2 aromatic carbocycles. The molecule has 1 fully saturated rings. The molecule has 0 aromatic heterocycles. The van der Waals surface area contributed by atoms with E-state index in [1.165, 1.54) is 25.7 Å². The topological polar surface area (TPSA) is 38.8 Å². The van der Waals surface area contributed by atoms with Crippen LogP contribution in [-0.4, -0.2) is 30.1 Å². The SMILES string of the molecule is CCCCOc1c2c(c(F)c(C)c1C(=O)Oc1ccccc1)CCN(C1CCCC1)C2. The van der Waals surface area contributed by atoms with Gasteiger partial charge in [-0.1, -0.05) is 44.4 Å². The standard InChI is InChI=1S/C26H32FNO3/c1-3-4-16-30-25-22-17-28(19-10-8-9-11-19)15-14-21(22)24(27)18(2)23(25)26(29)31-20-12-6-5-7-13-20/h5-7,12-13,19H,3-4,8-11,14-17H2,1-2H3. The molecule has 4 nitrogen and oxygen atoms in total. The first-order valence-corrected chi connectivity index (χ1v) is 11.6. The summed E-state index contributed by atoms with van der Waals surface area (Å²) in [6, 6.07) is 9.46. The molecule has 1 aliphatic heterocycles. The maximum absolute atomic E-state index is 15.4. The predicted octanol–water partition coefficient (Wildman–Crippen LogP) is 5.83. The molecule has 2 aromatic rings. The molecule has 2 aliphatic rings.